The summed E-state index contributed by atoms with van der Waals surface area (Å²) in [5.74, 6) is 0.868. The molecule has 3 nitrogen and oxygen atoms in total. The fourth-order valence-electron chi connectivity index (χ4n) is 2.45. The summed E-state index contributed by atoms with van der Waals surface area (Å²) in [5.41, 5.74) is 8.28. The SMILES string of the molecule is COc1cccc(CN(C)C(CN)c2cccc(Cl)c2)c1. The number of ether oxygens (including phenoxy) is 1. The highest BCUT2D eigenvalue weighted by molar-refractivity contribution is 6.30. The van der Waals surface area contributed by atoms with Gasteiger partial charge in [-0.15, -0.1) is 0 Å². The fourth-order valence-corrected chi connectivity index (χ4v) is 2.65. The van der Waals surface area contributed by atoms with Crippen LogP contribution < -0.4 is 10.5 Å². The fraction of sp³-hybridized carbons (Fsp3) is 0.294. The minimum Gasteiger partial charge on any atom is -0.497 e. The first-order valence-corrected chi connectivity index (χ1v) is 7.30. The van der Waals surface area contributed by atoms with Crippen LogP contribution in [0.4, 0.5) is 0 Å². The van der Waals surface area contributed by atoms with Gasteiger partial charge < -0.3 is 10.5 Å². The highest BCUT2D eigenvalue weighted by Gasteiger charge is 2.16. The zero-order valence-corrected chi connectivity index (χ0v) is 13.2. The van der Waals surface area contributed by atoms with Gasteiger partial charge in [-0.2, -0.15) is 0 Å². The second-order valence-electron chi connectivity index (χ2n) is 5.07. The van der Waals surface area contributed by atoms with Gasteiger partial charge in [-0.05, 0) is 42.4 Å². The Balaban J connectivity index is 2.14. The number of nitrogens with zero attached hydrogens (tertiary/aromatic N) is 1. The number of methoxy groups -OCH3 is 1. The highest BCUT2D eigenvalue weighted by atomic mass is 35.5. The number of likely N-dealkylation sites (N-methyl/N-ethyl adjacent to an activating group) is 1. The van der Waals surface area contributed by atoms with Crippen molar-refractivity contribution in [3.63, 3.8) is 0 Å². The number of hydrogen-bond donors (Lipinski definition) is 1. The van der Waals surface area contributed by atoms with E-state index < -0.39 is 0 Å². The van der Waals surface area contributed by atoms with Gasteiger partial charge >= 0.3 is 0 Å². The van der Waals surface area contributed by atoms with Crippen molar-refractivity contribution in [3.05, 3.63) is 64.7 Å². The van der Waals surface area contributed by atoms with E-state index in [4.69, 9.17) is 22.1 Å². The first kappa shape index (κ1) is 15.8. The Morgan fingerprint density at radius 3 is 2.62 bits per heavy atom. The summed E-state index contributed by atoms with van der Waals surface area (Å²) >= 11 is 6.07. The molecule has 21 heavy (non-hydrogen) atoms. The molecule has 1 atom stereocenters. The molecule has 0 aliphatic rings. The zero-order chi connectivity index (χ0) is 15.2. The molecule has 0 amide bonds. The van der Waals surface area contributed by atoms with Gasteiger partial charge in [-0.1, -0.05) is 35.9 Å². The summed E-state index contributed by atoms with van der Waals surface area (Å²) in [6.45, 7) is 1.34. The lowest BCUT2D eigenvalue weighted by atomic mass is 10.0. The average molecular weight is 305 g/mol. The van der Waals surface area contributed by atoms with E-state index in [9.17, 15) is 0 Å². The van der Waals surface area contributed by atoms with Crippen LogP contribution in [0.1, 0.15) is 17.2 Å². The van der Waals surface area contributed by atoms with Crippen molar-refractivity contribution in [2.75, 3.05) is 20.7 Å². The Bertz CT molecular complexity index is 589. The zero-order valence-electron chi connectivity index (χ0n) is 12.4. The molecule has 0 saturated heterocycles. The number of rotatable bonds is 6. The van der Waals surface area contributed by atoms with Crippen molar-refractivity contribution >= 4 is 11.6 Å². The maximum atomic E-state index is 6.07. The van der Waals surface area contributed by atoms with Crippen molar-refractivity contribution < 1.29 is 4.74 Å². The molecule has 0 aliphatic carbocycles. The molecular weight excluding hydrogens is 284 g/mol. The predicted octanol–water partition coefficient (Wildman–Crippen LogP) is 3.48. The van der Waals surface area contributed by atoms with E-state index in [2.05, 4.69) is 24.1 Å². The smallest absolute Gasteiger partial charge is 0.119 e. The summed E-state index contributed by atoms with van der Waals surface area (Å²) in [6, 6.07) is 16.1. The second-order valence-corrected chi connectivity index (χ2v) is 5.51. The lowest BCUT2D eigenvalue weighted by molar-refractivity contribution is 0.241. The molecule has 0 radical (unpaired) electrons. The Hall–Kier alpha value is -1.55. The molecule has 0 spiro atoms. The van der Waals surface area contributed by atoms with Gasteiger partial charge in [-0.25, -0.2) is 0 Å². The van der Waals surface area contributed by atoms with Crippen LogP contribution in [-0.4, -0.2) is 25.6 Å². The molecular formula is C17H21ClN2O. The largest absolute Gasteiger partial charge is 0.497 e. The number of nitrogens with two attached hydrogens (primary N) is 1. The molecule has 2 aromatic carbocycles. The van der Waals surface area contributed by atoms with Crippen LogP contribution in [0.25, 0.3) is 0 Å². The van der Waals surface area contributed by atoms with Crippen LogP contribution in [0.2, 0.25) is 5.02 Å². The minimum absolute atomic E-state index is 0.134. The predicted molar refractivity (Wildman–Crippen MR) is 87.7 cm³/mol. The van der Waals surface area contributed by atoms with Gasteiger partial charge in [0.1, 0.15) is 5.75 Å². The van der Waals surface area contributed by atoms with Crippen LogP contribution >= 0.6 is 11.6 Å². The summed E-state index contributed by atoms with van der Waals surface area (Å²) in [7, 11) is 3.75. The first-order chi connectivity index (χ1) is 10.1. The molecule has 112 valence electrons. The molecule has 2 aromatic rings. The number of hydrogen-bond acceptors (Lipinski definition) is 3. The third kappa shape index (κ3) is 4.21. The molecule has 0 bridgehead atoms. The molecule has 1 unspecified atom stereocenters. The molecule has 0 aliphatic heterocycles. The van der Waals surface area contributed by atoms with Crippen molar-refractivity contribution in [1.82, 2.24) is 4.90 Å². The minimum atomic E-state index is 0.134. The summed E-state index contributed by atoms with van der Waals surface area (Å²) in [6.07, 6.45) is 0. The van der Waals surface area contributed by atoms with Crippen molar-refractivity contribution in [2.24, 2.45) is 5.73 Å². The highest BCUT2D eigenvalue weighted by Crippen LogP contribution is 2.24. The van der Waals surface area contributed by atoms with Crippen LogP contribution in [0.5, 0.6) is 5.75 Å². The van der Waals surface area contributed by atoms with Gasteiger partial charge in [0, 0.05) is 24.2 Å². The monoisotopic (exact) mass is 304 g/mol. The van der Waals surface area contributed by atoms with Gasteiger partial charge in [-0.3, -0.25) is 4.90 Å². The number of benzene rings is 2. The molecule has 0 aromatic heterocycles. The summed E-state index contributed by atoms with van der Waals surface area (Å²) in [4.78, 5) is 2.22. The Kier molecular flexibility index (Phi) is 5.62. The van der Waals surface area contributed by atoms with Crippen molar-refractivity contribution in [2.45, 2.75) is 12.6 Å². The normalized spacial score (nSPS) is 12.4. The quantitative estimate of drug-likeness (QED) is 0.888. The topological polar surface area (TPSA) is 38.5 Å². The van der Waals surface area contributed by atoms with Crippen molar-refractivity contribution in [1.29, 1.82) is 0 Å². The van der Waals surface area contributed by atoms with E-state index in [1.165, 1.54) is 5.56 Å². The van der Waals surface area contributed by atoms with Crippen LogP contribution in [-0.2, 0) is 6.54 Å². The van der Waals surface area contributed by atoms with Gasteiger partial charge in [0.25, 0.3) is 0 Å². The Morgan fingerprint density at radius 1 is 1.19 bits per heavy atom. The third-order valence-electron chi connectivity index (χ3n) is 3.55. The van der Waals surface area contributed by atoms with E-state index >= 15 is 0 Å². The molecule has 4 heteroatoms. The molecule has 0 heterocycles. The standard InChI is InChI=1S/C17H21ClN2O/c1-20(12-13-5-3-8-16(9-13)21-2)17(11-19)14-6-4-7-15(18)10-14/h3-10,17H,11-12,19H2,1-2H3. The van der Waals surface area contributed by atoms with E-state index in [1.54, 1.807) is 7.11 Å². The Morgan fingerprint density at radius 2 is 1.95 bits per heavy atom. The maximum absolute atomic E-state index is 6.07. The van der Waals surface area contributed by atoms with E-state index in [-0.39, 0.29) is 6.04 Å². The summed E-state index contributed by atoms with van der Waals surface area (Å²) < 4.78 is 5.26. The average Bonchev–Trinajstić information content (AvgIpc) is 2.48. The van der Waals surface area contributed by atoms with Crippen LogP contribution in [0.15, 0.2) is 48.5 Å². The van der Waals surface area contributed by atoms with Crippen LogP contribution in [0, 0.1) is 0 Å². The lowest BCUT2D eigenvalue weighted by Crippen LogP contribution is -2.30. The Labute approximate surface area is 131 Å². The molecule has 2 rings (SSSR count). The first-order valence-electron chi connectivity index (χ1n) is 6.92. The molecule has 2 N–H and O–H groups in total. The molecule has 0 saturated carbocycles. The lowest BCUT2D eigenvalue weighted by Gasteiger charge is -2.27. The third-order valence-corrected chi connectivity index (χ3v) is 3.79. The maximum Gasteiger partial charge on any atom is 0.119 e. The van der Waals surface area contributed by atoms with E-state index in [0.717, 1.165) is 22.9 Å². The summed E-state index contributed by atoms with van der Waals surface area (Å²) in [5, 5.41) is 0.737. The van der Waals surface area contributed by atoms with Crippen LogP contribution in [0.3, 0.4) is 0 Å². The second kappa shape index (κ2) is 7.46. The van der Waals surface area contributed by atoms with Gasteiger partial charge in [0.2, 0.25) is 0 Å². The van der Waals surface area contributed by atoms with Crippen molar-refractivity contribution in [3.8, 4) is 5.75 Å². The van der Waals surface area contributed by atoms with E-state index in [1.807, 2.05) is 36.4 Å². The molecule has 0 fully saturated rings. The van der Waals surface area contributed by atoms with E-state index in [0.29, 0.717) is 6.54 Å². The van der Waals surface area contributed by atoms with Gasteiger partial charge in [0.05, 0.1) is 7.11 Å². The number of halogens is 1. The van der Waals surface area contributed by atoms with Gasteiger partial charge in [0.15, 0.2) is 0 Å².